The lowest BCUT2D eigenvalue weighted by Crippen LogP contribution is -2.62. The van der Waals surface area contributed by atoms with Crippen LogP contribution in [0.2, 0.25) is 0 Å². The number of alkyl halides is 2. The summed E-state index contributed by atoms with van der Waals surface area (Å²) in [5.41, 5.74) is -0.940. The first-order valence-corrected chi connectivity index (χ1v) is 16.7. The molecule has 42 heavy (non-hydrogen) atoms. The number of piperidine rings is 1. The Kier molecular flexibility index (Phi) is 14.0. The molecule has 3 aliphatic heterocycles. The fourth-order valence-electron chi connectivity index (χ4n) is 6.97. The molecule has 3 unspecified atom stereocenters. The van der Waals surface area contributed by atoms with E-state index in [-0.39, 0.29) is 61.8 Å². The number of halogens is 2. The minimum atomic E-state index is -1.00. The van der Waals surface area contributed by atoms with Crippen LogP contribution in [0.25, 0.3) is 0 Å². The second kappa shape index (κ2) is 17.2. The minimum absolute atomic E-state index is 0.0317. The molecule has 12 heteroatoms. The van der Waals surface area contributed by atoms with E-state index in [1.807, 2.05) is 4.90 Å². The van der Waals surface area contributed by atoms with Gasteiger partial charge in [-0.1, -0.05) is 0 Å². The van der Waals surface area contributed by atoms with Gasteiger partial charge in [-0.25, -0.2) is 4.39 Å². The third-order valence-electron chi connectivity index (χ3n) is 10.1. The van der Waals surface area contributed by atoms with Gasteiger partial charge >= 0.3 is 0 Å². The monoisotopic (exact) mass is 619 g/mol. The van der Waals surface area contributed by atoms with Crippen molar-refractivity contribution in [1.29, 1.82) is 0 Å². The van der Waals surface area contributed by atoms with Crippen molar-refractivity contribution in [2.24, 2.45) is 23.2 Å². The van der Waals surface area contributed by atoms with Gasteiger partial charge in [-0.3, -0.25) is 20.3 Å². The summed E-state index contributed by atoms with van der Waals surface area (Å²) in [6, 6.07) is 0. The van der Waals surface area contributed by atoms with Crippen LogP contribution in [-0.4, -0.2) is 134 Å². The smallest absolute Gasteiger partial charge is 0.222 e. The minimum Gasteiger partial charge on any atom is -0.396 e. The summed E-state index contributed by atoms with van der Waals surface area (Å²) < 4.78 is 21.2. The molecule has 0 spiro atoms. The number of carbonyl (C=O) groups is 1. The van der Waals surface area contributed by atoms with E-state index in [2.05, 4.69) is 20.9 Å². The lowest BCUT2D eigenvalue weighted by molar-refractivity contribution is -0.132. The largest absolute Gasteiger partial charge is 0.396 e. The highest BCUT2D eigenvalue weighted by Gasteiger charge is 2.35. The van der Waals surface area contributed by atoms with Crippen LogP contribution >= 0.6 is 11.6 Å². The van der Waals surface area contributed by atoms with Gasteiger partial charge in [-0.05, 0) is 69.2 Å². The third-order valence-corrected chi connectivity index (χ3v) is 10.4. The molecule has 1 amide bonds. The fraction of sp³-hybridized carbons (Fsp3) is 0.967. The van der Waals surface area contributed by atoms with Crippen molar-refractivity contribution in [3.63, 3.8) is 0 Å². The van der Waals surface area contributed by atoms with Gasteiger partial charge in [0, 0.05) is 65.3 Å². The Morgan fingerprint density at radius 3 is 2.36 bits per heavy atom. The molecule has 0 bridgehead atoms. The van der Waals surface area contributed by atoms with Crippen molar-refractivity contribution < 1.29 is 29.2 Å². The molecule has 0 aromatic rings. The average Bonchev–Trinajstić information content (AvgIpc) is 3.49. The van der Waals surface area contributed by atoms with E-state index in [9.17, 15) is 20.1 Å². The van der Waals surface area contributed by atoms with E-state index >= 15 is 4.39 Å². The Balaban J connectivity index is 1.04. The number of likely N-dealkylation sites (tertiary alicyclic amines) is 2. The van der Waals surface area contributed by atoms with E-state index in [0.29, 0.717) is 45.6 Å². The van der Waals surface area contributed by atoms with Gasteiger partial charge in [0.2, 0.25) is 5.91 Å². The van der Waals surface area contributed by atoms with Gasteiger partial charge in [0.15, 0.2) is 0 Å². The number of nitrogens with one attached hydrogen (secondary N) is 3. The van der Waals surface area contributed by atoms with Gasteiger partial charge in [0.05, 0.1) is 36.7 Å². The topological polar surface area (TPSA) is 130 Å². The van der Waals surface area contributed by atoms with Crippen molar-refractivity contribution >= 4 is 17.5 Å². The third kappa shape index (κ3) is 9.94. The molecule has 10 nitrogen and oxygen atoms in total. The van der Waals surface area contributed by atoms with Crippen LogP contribution in [-0.2, 0) is 9.53 Å². The van der Waals surface area contributed by atoms with E-state index in [1.165, 1.54) is 12.8 Å². The molecule has 1 saturated carbocycles. The molecule has 3 saturated heterocycles. The molecule has 0 aromatic heterocycles. The van der Waals surface area contributed by atoms with Gasteiger partial charge < -0.3 is 30.3 Å². The number of aliphatic hydroxyl groups excluding tert-OH is 3. The molecule has 0 radical (unpaired) electrons. The molecular weight excluding hydrogens is 565 g/mol. The van der Waals surface area contributed by atoms with Gasteiger partial charge in [-0.15, -0.1) is 11.6 Å². The van der Waals surface area contributed by atoms with E-state index in [0.717, 1.165) is 57.8 Å². The van der Waals surface area contributed by atoms with Crippen molar-refractivity contribution in [1.82, 2.24) is 25.8 Å². The molecule has 4 atom stereocenters. The summed E-state index contributed by atoms with van der Waals surface area (Å²) in [6.45, 7) is 5.91. The summed E-state index contributed by atoms with van der Waals surface area (Å²) >= 11 is 6.16. The van der Waals surface area contributed by atoms with Crippen LogP contribution in [0.5, 0.6) is 0 Å². The second-order valence-corrected chi connectivity index (χ2v) is 13.9. The fourth-order valence-corrected chi connectivity index (χ4v) is 7.14. The highest BCUT2D eigenvalue weighted by Crippen LogP contribution is 2.33. The standard InChI is InChI=1S/C30H55ClFN5O5/c31-25-15-34-29(35-16-25)36-8-5-22(6-9-36)2-1-11-42-26-4-3-24(27(32)13-26)12-28(41)37-10-7-23(17-37)14-33-18-30(19-38,20-39)21-40/h22-27,29,33-35,38-40H,1-21H2/t23-,24?,25?,26?,27?,29?/m0/s1. The normalized spacial score (nSPS) is 32.0. The molecule has 6 N–H and O–H groups in total. The van der Waals surface area contributed by atoms with Crippen LogP contribution in [0.4, 0.5) is 4.39 Å². The molecule has 244 valence electrons. The summed E-state index contributed by atoms with van der Waals surface area (Å²) in [5, 5.41) is 38.8. The Bertz CT molecular complexity index is 790. The highest BCUT2D eigenvalue weighted by molar-refractivity contribution is 6.21. The number of ether oxygens (including phenoxy) is 1. The van der Waals surface area contributed by atoms with E-state index in [4.69, 9.17) is 16.3 Å². The van der Waals surface area contributed by atoms with E-state index < -0.39 is 11.6 Å². The lowest BCUT2D eigenvalue weighted by Gasteiger charge is -2.41. The number of carbonyl (C=O) groups excluding carboxylic acids is 1. The number of aliphatic hydroxyl groups is 3. The SMILES string of the molecule is O=C(CC1CCC(OCCCC2CCN(C3NCC(Cl)CN3)CC2)CC1F)N1CC[C@@H](CNCC(CO)(CO)CO)C1. The maximum atomic E-state index is 15.1. The van der Waals surface area contributed by atoms with Gasteiger partial charge in [0.25, 0.3) is 0 Å². The van der Waals surface area contributed by atoms with E-state index in [1.54, 1.807) is 0 Å². The Labute approximate surface area is 256 Å². The predicted octanol–water partition coefficient (Wildman–Crippen LogP) is 0.877. The first kappa shape index (κ1) is 34.2. The number of nitrogens with zero attached hydrogens (tertiary/aromatic N) is 2. The van der Waals surface area contributed by atoms with Crippen LogP contribution in [0, 0.1) is 23.2 Å². The van der Waals surface area contributed by atoms with Crippen molar-refractivity contribution in [2.45, 2.75) is 81.7 Å². The molecule has 4 rings (SSSR count). The quantitative estimate of drug-likeness (QED) is 0.117. The zero-order chi connectivity index (χ0) is 30.0. The summed E-state index contributed by atoms with van der Waals surface area (Å²) in [6.07, 6.45) is 6.76. The van der Waals surface area contributed by atoms with Crippen molar-refractivity contribution in [3.05, 3.63) is 0 Å². The molecular formula is C30H55ClFN5O5. The molecule has 0 aromatic carbocycles. The zero-order valence-corrected chi connectivity index (χ0v) is 26.0. The molecule has 1 aliphatic carbocycles. The maximum Gasteiger partial charge on any atom is 0.222 e. The average molecular weight is 620 g/mol. The highest BCUT2D eigenvalue weighted by atomic mass is 35.5. The number of amides is 1. The molecule has 3 heterocycles. The Morgan fingerprint density at radius 1 is 1.00 bits per heavy atom. The van der Waals surface area contributed by atoms with Crippen molar-refractivity contribution in [2.75, 3.05) is 78.8 Å². The molecule has 4 fully saturated rings. The second-order valence-electron chi connectivity index (χ2n) is 13.3. The summed E-state index contributed by atoms with van der Waals surface area (Å²) in [7, 11) is 0. The van der Waals surface area contributed by atoms with Gasteiger partial charge in [0.1, 0.15) is 12.5 Å². The lowest BCUT2D eigenvalue weighted by atomic mass is 9.83. The number of hydrogen-bond donors (Lipinski definition) is 6. The van der Waals surface area contributed by atoms with Crippen LogP contribution in [0.15, 0.2) is 0 Å². The zero-order valence-electron chi connectivity index (χ0n) is 25.2. The maximum absolute atomic E-state index is 15.1. The first-order chi connectivity index (χ1) is 20.3. The number of rotatable bonds is 15. The van der Waals surface area contributed by atoms with Crippen LogP contribution < -0.4 is 16.0 Å². The Morgan fingerprint density at radius 2 is 1.69 bits per heavy atom. The first-order valence-electron chi connectivity index (χ1n) is 16.3. The Hall–Kier alpha value is -0.630. The van der Waals surface area contributed by atoms with Crippen LogP contribution in [0.1, 0.15) is 57.8 Å². The van der Waals surface area contributed by atoms with Crippen LogP contribution in [0.3, 0.4) is 0 Å². The summed E-state index contributed by atoms with van der Waals surface area (Å²) in [4.78, 5) is 17.3. The summed E-state index contributed by atoms with van der Waals surface area (Å²) in [5.74, 6) is 0.790. The molecule has 4 aliphatic rings. The van der Waals surface area contributed by atoms with Gasteiger partial charge in [-0.2, -0.15) is 0 Å². The van der Waals surface area contributed by atoms with Crippen molar-refractivity contribution in [3.8, 4) is 0 Å². The predicted molar refractivity (Wildman–Crippen MR) is 161 cm³/mol. The number of hydrogen-bond acceptors (Lipinski definition) is 9.